The highest BCUT2D eigenvalue weighted by atomic mass is 16.4. The van der Waals surface area contributed by atoms with Gasteiger partial charge >= 0.3 is 5.97 Å². The van der Waals surface area contributed by atoms with Crippen molar-refractivity contribution in [2.45, 2.75) is 167 Å². The van der Waals surface area contributed by atoms with Crippen LogP contribution in [0.5, 0.6) is 0 Å². The van der Waals surface area contributed by atoms with Crippen LogP contribution in [0.3, 0.4) is 0 Å². The number of unbranched alkanes of at least 4 members (excludes halogenated alkanes) is 1. The summed E-state index contributed by atoms with van der Waals surface area (Å²) in [5.41, 5.74) is 28.7. The molecule has 1 heterocycles. The van der Waals surface area contributed by atoms with E-state index in [2.05, 4.69) is 52.5 Å². The van der Waals surface area contributed by atoms with Gasteiger partial charge in [0.2, 0.25) is 41.4 Å². The van der Waals surface area contributed by atoms with Crippen molar-refractivity contribution in [3.8, 4) is 0 Å². The van der Waals surface area contributed by atoms with Gasteiger partial charge in [0.25, 0.3) is 0 Å². The number of nitrogens with zero attached hydrogens (tertiary/aromatic N) is 2. The maximum absolute atomic E-state index is 14.4. The highest BCUT2D eigenvalue weighted by Crippen LogP contribution is 2.14. The van der Waals surface area contributed by atoms with E-state index in [1.807, 2.05) is 27.7 Å². The van der Waals surface area contributed by atoms with E-state index in [-0.39, 0.29) is 100 Å². The Morgan fingerprint density at radius 3 is 1.48 bits per heavy atom. The minimum absolute atomic E-state index is 0.000888. The monoisotopic (exact) mass is 1030 g/mol. The molecule has 24 nitrogen and oxygen atoms in total. The van der Waals surface area contributed by atoms with Crippen LogP contribution in [0.1, 0.15) is 118 Å². The average Bonchev–Trinajstić information content (AvgIpc) is 3.87. The molecule has 1 saturated heterocycles. The first-order chi connectivity index (χ1) is 34.5. The predicted octanol–water partition coefficient (Wildman–Crippen LogP) is -1.56. The van der Waals surface area contributed by atoms with Crippen molar-refractivity contribution in [3.63, 3.8) is 0 Å². The zero-order valence-electron chi connectivity index (χ0n) is 43.5. The Balaban J connectivity index is 2.50. The van der Waals surface area contributed by atoms with Crippen LogP contribution in [0.4, 0.5) is 0 Å². The number of carbonyl (C=O) groups is 8. The summed E-state index contributed by atoms with van der Waals surface area (Å²) >= 11 is 0. The maximum Gasteiger partial charge on any atom is 0.326 e. The zero-order valence-corrected chi connectivity index (χ0v) is 43.5. The fraction of sp³-hybridized carbons (Fsp3) is 0.673. The van der Waals surface area contributed by atoms with Crippen LogP contribution in [0.2, 0.25) is 0 Å². The summed E-state index contributed by atoms with van der Waals surface area (Å²) in [5, 5.41) is 32.2. The van der Waals surface area contributed by atoms with Gasteiger partial charge in [0.15, 0.2) is 11.9 Å². The molecule has 0 unspecified atom stereocenters. The number of amides is 7. The molecule has 73 heavy (non-hydrogen) atoms. The van der Waals surface area contributed by atoms with Crippen LogP contribution in [0, 0.1) is 17.8 Å². The third kappa shape index (κ3) is 24.6. The lowest BCUT2D eigenvalue weighted by Crippen LogP contribution is -2.60. The van der Waals surface area contributed by atoms with Crippen molar-refractivity contribution >= 4 is 59.2 Å². The van der Waals surface area contributed by atoms with Crippen LogP contribution in [-0.2, 0) is 44.8 Å². The number of benzene rings is 1. The third-order valence-electron chi connectivity index (χ3n) is 11.9. The summed E-state index contributed by atoms with van der Waals surface area (Å²) in [4.78, 5) is 118. The van der Waals surface area contributed by atoms with E-state index < -0.39 is 89.7 Å². The summed E-state index contributed by atoms with van der Waals surface area (Å²) in [6.45, 7) is 12.0. The second-order valence-corrected chi connectivity index (χ2v) is 19.7. The number of nitrogens with one attached hydrogen (secondary N) is 8. The number of carboxylic acid groups (broad SMARTS) is 1. The van der Waals surface area contributed by atoms with E-state index in [0.29, 0.717) is 37.9 Å². The summed E-state index contributed by atoms with van der Waals surface area (Å²) in [7, 11) is 0. The lowest BCUT2D eigenvalue weighted by atomic mass is 9.99. The second kappa shape index (κ2) is 33.2. The van der Waals surface area contributed by atoms with Gasteiger partial charge in [-0.25, -0.2) is 4.79 Å². The SMILES string of the molecule is CC(C)C[C@H](NC(=O)[C@H](Cc1ccccc1)NC(=O)[C@H](CC(C)C)NC(=O)[C@H](CCCN=C(N)N)NC(=O)[C@H](CCCN=C(N)N)NC(=O)[C@H](CCCCN)NC(=O)[C@@H](NC(=O)[C@@H]1CCCN1)C(C)C)C(=O)O. The molecule has 0 spiro atoms. The van der Waals surface area contributed by atoms with Crippen molar-refractivity contribution in [1.82, 2.24) is 42.5 Å². The lowest BCUT2D eigenvalue weighted by Gasteiger charge is -2.29. The molecule has 0 aromatic heterocycles. The number of guanidine groups is 2. The highest BCUT2D eigenvalue weighted by molar-refractivity contribution is 5.97. The molecular weight excluding hydrogens is 943 g/mol. The fourth-order valence-electron chi connectivity index (χ4n) is 8.08. The van der Waals surface area contributed by atoms with Gasteiger partial charge in [0.1, 0.15) is 42.3 Å². The van der Waals surface area contributed by atoms with Crippen molar-refractivity contribution in [3.05, 3.63) is 35.9 Å². The molecule has 1 fully saturated rings. The van der Waals surface area contributed by atoms with E-state index in [0.717, 1.165) is 6.42 Å². The van der Waals surface area contributed by atoms with Crippen LogP contribution in [-0.4, -0.2) is 139 Å². The number of nitrogens with two attached hydrogens (primary N) is 5. The number of hydrogen-bond donors (Lipinski definition) is 14. The summed E-state index contributed by atoms with van der Waals surface area (Å²) in [5.74, 6) is -6.89. The van der Waals surface area contributed by atoms with E-state index in [4.69, 9.17) is 28.7 Å². The van der Waals surface area contributed by atoms with Gasteiger partial charge in [-0.1, -0.05) is 71.9 Å². The Kier molecular flexibility index (Phi) is 28.5. The van der Waals surface area contributed by atoms with Gasteiger partial charge in [-0.3, -0.25) is 43.5 Å². The van der Waals surface area contributed by atoms with Crippen molar-refractivity contribution in [1.29, 1.82) is 0 Å². The van der Waals surface area contributed by atoms with Gasteiger partial charge in [0, 0.05) is 19.5 Å². The summed E-state index contributed by atoms with van der Waals surface area (Å²) in [6, 6.07) is -0.143. The third-order valence-corrected chi connectivity index (χ3v) is 11.9. The smallest absolute Gasteiger partial charge is 0.326 e. The van der Waals surface area contributed by atoms with Gasteiger partial charge in [-0.15, -0.1) is 0 Å². The standard InChI is InChI=1S/C49H85N15O9/c1-28(2)25-36(44(69)62-37(27-31-15-8-7-9-16-31)45(70)63-38(47(72)73)26-29(3)4)61-43(68)35(20-14-24-57-49(53)54)59-42(67)34(19-13-23-56-48(51)52)58-41(66)33(17-10-11-21-50)60-46(71)39(30(5)6)64-40(65)32-18-12-22-55-32/h7-9,15-16,28-30,32-39,55H,10-14,17-27,50H2,1-6H3,(H,58,66)(H,59,67)(H,60,71)(H,61,68)(H,62,69)(H,63,70)(H,64,65)(H,72,73)(H4,51,52,56)(H4,53,54,57)/t32-,33-,34-,35-,36-,37-,38-,39-/m0/s1. The number of hydrogen-bond acceptors (Lipinski definition) is 12. The Hall–Kier alpha value is -6.56. The molecule has 24 heteroatoms. The molecule has 1 aliphatic heterocycles. The fourth-order valence-corrected chi connectivity index (χ4v) is 8.08. The van der Waals surface area contributed by atoms with E-state index in [9.17, 15) is 43.5 Å². The lowest BCUT2D eigenvalue weighted by molar-refractivity contribution is -0.142. The first kappa shape index (κ1) is 62.6. The van der Waals surface area contributed by atoms with Gasteiger partial charge < -0.3 is 76.3 Å². The Labute approximate surface area is 429 Å². The number of aliphatic imine (C=N–C) groups is 2. The molecule has 7 amide bonds. The number of rotatable bonds is 34. The molecular formula is C49H85N15O9. The first-order valence-electron chi connectivity index (χ1n) is 25.5. The van der Waals surface area contributed by atoms with Crippen LogP contribution < -0.4 is 71.2 Å². The van der Waals surface area contributed by atoms with E-state index >= 15 is 0 Å². The largest absolute Gasteiger partial charge is 0.480 e. The van der Waals surface area contributed by atoms with Gasteiger partial charge in [-0.2, -0.15) is 0 Å². The molecule has 2 rings (SSSR count). The minimum atomic E-state index is -1.33. The molecule has 0 radical (unpaired) electrons. The van der Waals surface area contributed by atoms with Gasteiger partial charge in [0.05, 0.1) is 6.04 Å². The number of aliphatic carboxylic acids is 1. The first-order valence-corrected chi connectivity index (χ1v) is 25.5. The minimum Gasteiger partial charge on any atom is -0.480 e. The van der Waals surface area contributed by atoms with E-state index in [1.165, 1.54) is 0 Å². The molecule has 19 N–H and O–H groups in total. The molecule has 1 aromatic rings. The molecule has 1 aliphatic rings. The van der Waals surface area contributed by atoms with Crippen LogP contribution in [0.15, 0.2) is 40.3 Å². The van der Waals surface area contributed by atoms with Crippen LogP contribution in [0.25, 0.3) is 0 Å². The van der Waals surface area contributed by atoms with Crippen molar-refractivity contribution in [2.75, 3.05) is 26.2 Å². The number of carboxylic acids is 1. The molecule has 0 saturated carbocycles. The zero-order chi connectivity index (χ0) is 54.6. The predicted molar refractivity (Wildman–Crippen MR) is 279 cm³/mol. The summed E-state index contributed by atoms with van der Waals surface area (Å²) < 4.78 is 0. The van der Waals surface area contributed by atoms with Crippen LogP contribution >= 0.6 is 0 Å². The highest BCUT2D eigenvalue weighted by Gasteiger charge is 2.36. The van der Waals surface area contributed by atoms with Gasteiger partial charge in [-0.05, 0) is 107 Å². The average molecular weight is 1030 g/mol. The molecule has 0 aliphatic carbocycles. The Morgan fingerprint density at radius 1 is 0.589 bits per heavy atom. The Bertz CT molecular complexity index is 1990. The molecule has 8 atom stereocenters. The maximum atomic E-state index is 14.4. The molecule has 410 valence electrons. The van der Waals surface area contributed by atoms with E-state index in [1.54, 1.807) is 44.2 Å². The number of carbonyl (C=O) groups excluding carboxylic acids is 7. The van der Waals surface area contributed by atoms with Crippen molar-refractivity contribution in [2.24, 2.45) is 56.4 Å². The normalized spacial score (nSPS) is 16.1. The quantitative estimate of drug-likeness (QED) is 0.0211. The van der Waals surface area contributed by atoms with Crippen molar-refractivity contribution < 1.29 is 43.5 Å². The topological polar surface area (TPSA) is 408 Å². The second-order valence-electron chi connectivity index (χ2n) is 19.7. The summed E-state index contributed by atoms with van der Waals surface area (Å²) in [6.07, 6.45) is 3.07. The molecule has 1 aromatic carbocycles. The Morgan fingerprint density at radius 2 is 1.03 bits per heavy atom. The molecule has 0 bridgehead atoms.